The third-order valence-electron chi connectivity index (χ3n) is 3.87. The molecule has 29 heavy (non-hydrogen) atoms. The second kappa shape index (κ2) is 9.25. The van der Waals surface area contributed by atoms with Crippen LogP contribution in [-0.4, -0.2) is 52.9 Å². The van der Waals surface area contributed by atoms with Crippen LogP contribution >= 0.6 is 15.9 Å². The number of hydrogen-bond acceptors (Lipinski definition) is 6. The molecule has 9 nitrogen and oxygen atoms in total. The Hall–Kier alpha value is -2.63. The van der Waals surface area contributed by atoms with Crippen LogP contribution in [0.4, 0.5) is 0 Å². The summed E-state index contributed by atoms with van der Waals surface area (Å²) >= 11 is 3.29. The van der Waals surface area contributed by atoms with E-state index in [1.165, 1.54) is 58.6 Å². The highest BCUT2D eigenvalue weighted by atomic mass is 79.9. The van der Waals surface area contributed by atoms with Crippen molar-refractivity contribution in [3.8, 4) is 11.5 Å². The topological polar surface area (TPSA) is 114 Å². The van der Waals surface area contributed by atoms with E-state index in [0.29, 0.717) is 10.2 Å². The smallest absolute Gasteiger partial charge is 0.273 e. The van der Waals surface area contributed by atoms with Gasteiger partial charge < -0.3 is 9.47 Å². The minimum Gasteiger partial charge on any atom is -0.497 e. The normalized spacial score (nSPS) is 11.1. The molecule has 2 aromatic rings. The minimum atomic E-state index is -3.70. The van der Waals surface area contributed by atoms with Gasteiger partial charge in [-0.25, -0.2) is 12.7 Å². The van der Waals surface area contributed by atoms with Gasteiger partial charge in [-0.3, -0.25) is 20.4 Å². The number of carbonyl (C=O) groups excluding carboxylic acids is 2. The number of hydrogen-bond donors (Lipinski definition) is 2. The number of nitrogens with one attached hydrogen (secondary N) is 2. The molecule has 0 aromatic heterocycles. The number of nitrogens with zero attached hydrogens (tertiary/aromatic N) is 1. The lowest BCUT2D eigenvalue weighted by Gasteiger charge is -2.14. The van der Waals surface area contributed by atoms with Crippen molar-refractivity contribution in [2.24, 2.45) is 0 Å². The maximum absolute atomic E-state index is 12.5. The molecular weight excluding hydrogens is 466 g/mol. The molecule has 0 spiro atoms. The summed E-state index contributed by atoms with van der Waals surface area (Å²) in [6.45, 7) is 0. The van der Waals surface area contributed by atoms with Crippen LogP contribution < -0.4 is 20.3 Å². The highest BCUT2D eigenvalue weighted by Crippen LogP contribution is 2.33. The summed E-state index contributed by atoms with van der Waals surface area (Å²) in [5.41, 5.74) is 4.72. The molecule has 2 amide bonds. The number of amides is 2. The van der Waals surface area contributed by atoms with Crippen LogP contribution in [0.1, 0.15) is 20.7 Å². The van der Waals surface area contributed by atoms with E-state index in [0.717, 1.165) is 4.31 Å². The van der Waals surface area contributed by atoms with E-state index in [2.05, 4.69) is 26.8 Å². The van der Waals surface area contributed by atoms with Crippen molar-refractivity contribution in [3.63, 3.8) is 0 Å². The van der Waals surface area contributed by atoms with Gasteiger partial charge in [-0.1, -0.05) is 6.07 Å². The molecule has 0 radical (unpaired) electrons. The first-order chi connectivity index (χ1) is 13.6. The lowest BCUT2D eigenvalue weighted by Crippen LogP contribution is -2.41. The summed E-state index contributed by atoms with van der Waals surface area (Å²) in [5, 5.41) is 0. The minimum absolute atomic E-state index is 0.0418. The first-order valence-corrected chi connectivity index (χ1v) is 10.4. The van der Waals surface area contributed by atoms with Gasteiger partial charge in [0.2, 0.25) is 10.0 Å². The lowest BCUT2D eigenvalue weighted by atomic mass is 10.2. The number of rotatable bonds is 6. The van der Waals surface area contributed by atoms with E-state index in [-0.39, 0.29) is 21.8 Å². The van der Waals surface area contributed by atoms with Crippen molar-refractivity contribution in [2.45, 2.75) is 4.90 Å². The van der Waals surface area contributed by atoms with Crippen LogP contribution in [0.25, 0.3) is 0 Å². The number of hydrazine groups is 1. The van der Waals surface area contributed by atoms with Crippen molar-refractivity contribution >= 4 is 37.8 Å². The summed E-state index contributed by atoms with van der Waals surface area (Å²) in [5.74, 6) is -0.658. The SMILES string of the molecule is COc1cc(Br)c(OC)c(C(=O)NNC(=O)c2cccc(S(=O)(=O)N(C)C)c2)c1. The standard InChI is InChI=1S/C18H20BrN3O6S/c1-22(2)29(25,26)13-7-5-6-11(8-13)17(23)20-21-18(24)14-9-12(27-3)10-15(19)16(14)28-4/h5-10H,1-4H3,(H,20,23)(H,21,24). The van der Waals surface area contributed by atoms with E-state index in [1.54, 1.807) is 6.07 Å². The van der Waals surface area contributed by atoms with E-state index in [9.17, 15) is 18.0 Å². The van der Waals surface area contributed by atoms with Crippen molar-refractivity contribution in [1.29, 1.82) is 0 Å². The predicted molar refractivity (Wildman–Crippen MR) is 109 cm³/mol. The maximum Gasteiger partial charge on any atom is 0.273 e. The molecule has 0 saturated carbocycles. The summed E-state index contributed by atoms with van der Waals surface area (Å²) in [4.78, 5) is 24.8. The Morgan fingerprint density at radius 3 is 2.24 bits per heavy atom. The zero-order valence-electron chi connectivity index (χ0n) is 16.1. The first-order valence-electron chi connectivity index (χ1n) is 8.16. The van der Waals surface area contributed by atoms with Gasteiger partial charge in [-0.15, -0.1) is 0 Å². The summed E-state index contributed by atoms with van der Waals surface area (Å²) < 4.78 is 36.3. The highest BCUT2D eigenvalue weighted by molar-refractivity contribution is 9.10. The predicted octanol–water partition coefficient (Wildman–Crippen LogP) is 1.79. The van der Waals surface area contributed by atoms with Gasteiger partial charge in [0.25, 0.3) is 11.8 Å². The van der Waals surface area contributed by atoms with Crippen LogP contribution in [0.15, 0.2) is 45.8 Å². The number of methoxy groups -OCH3 is 2. The van der Waals surface area contributed by atoms with Crippen molar-refractivity contribution < 1.29 is 27.5 Å². The maximum atomic E-state index is 12.5. The summed E-state index contributed by atoms with van der Waals surface area (Å²) in [7, 11) is 1.94. The zero-order valence-corrected chi connectivity index (χ0v) is 18.5. The Morgan fingerprint density at radius 2 is 1.66 bits per heavy atom. The Kier molecular flexibility index (Phi) is 7.22. The highest BCUT2D eigenvalue weighted by Gasteiger charge is 2.20. The fraction of sp³-hybridized carbons (Fsp3) is 0.222. The van der Waals surface area contributed by atoms with Crippen LogP contribution in [0.2, 0.25) is 0 Å². The molecule has 2 rings (SSSR count). The fourth-order valence-corrected chi connectivity index (χ4v) is 3.87. The number of sulfonamides is 1. The zero-order chi connectivity index (χ0) is 21.8. The molecule has 0 unspecified atom stereocenters. The van der Waals surface area contributed by atoms with Gasteiger partial charge in [-0.2, -0.15) is 0 Å². The third-order valence-corrected chi connectivity index (χ3v) is 6.27. The van der Waals surface area contributed by atoms with Gasteiger partial charge in [-0.05, 0) is 46.3 Å². The quantitative estimate of drug-likeness (QED) is 0.602. The molecular formula is C18H20BrN3O6S. The second-order valence-corrected chi connectivity index (χ2v) is 8.92. The number of ether oxygens (including phenoxy) is 2. The third kappa shape index (κ3) is 5.05. The van der Waals surface area contributed by atoms with E-state index in [4.69, 9.17) is 9.47 Å². The molecule has 0 heterocycles. The van der Waals surface area contributed by atoms with Gasteiger partial charge in [0.1, 0.15) is 11.5 Å². The monoisotopic (exact) mass is 485 g/mol. The molecule has 2 N–H and O–H groups in total. The van der Waals surface area contributed by atoms with Gasteiger partial charge in [0.05, 0.1) is 29.2 Å². The Morgan fingerprint density at radius 1 is 1.00 bits per heavy atom. The number of halogens is 1. The average Bonchev–Trinajstić information content (AvgIpc) is 2.70. The molecule has 2 aromatic carbocycles. The number of benzene rings is 2. The van der Waals surface area contributed by atoms with Crippen LogP contribution in [0.3, 0.4) is 0 Å². The molecule has 0 saturated heterocycles. The van der Waals surface area contributed by atoms with Crippen molar-refractivity contribution in [1.82, 2.24) is 15.2 Å². The van der Waals surface area contributed by atoms with Crippen molar-refractivity contribution in [2.75, 3.05) is 28.3 Å². The first kappa shape index (κ1) is 22.7. The van der Waals surface area contributed by atoms with Crippen molar-refractivity contribution in [3.05, 3.63) is 52.0 Å². The average molecular weight is 486 g/mol. The number of carbonyl (C=O) groups is 2. The molecule has 11 heteroatoms. The van der Waals surface area contributed by atoms with E-state index in [1.807, 2.05) is 0 Å². The molecule has 0 fully saturated rings. The molecule has 0 aliphatic heterocycles. The van der Waals surface area contributed by atoms with Crippen LogP contribution in [0.5, 0.6) is 11.5 Å². The summed E-state index contributed by atoms with van der Waals surface area (Å²) in [6.07, 6.45) is 0. The Labute approximate surface area is 177 Å². The summed E-state index contributed by atoms with van der Waals surface area (Å²) in [6, 6.07) is 8.55. The molecule has 0 aliphatic rings. The Bertz CT molecular complexity index is 1040. The largest absolute Gasteiger partial charge is 0.497 e. The van der Waals surface area contributed by atoms with Gasteiger partial charge in [0, 0.05) is 19.7 Å². The molecule has 0 aliphatic carbocycles. The van der Waals surface area contributed by atoms with E-state index >= 15 is 0 Å². The molecule has 156 valence electrons. The Balaban J connectivity index is 2.20. The fourth-order valence-electron chi connectivity index (χ4n) is 2.32. The molecule has 0 atom stereocenters. The van der Waals surface area contributed by atoms with Crippen LogP contribution in [0, 0.1) is 0 Å². The molecule has 0 bridgehead atoms. The van der Waals surface area contributed by atoms with Crippen LogP contribution in [-0.2, 0) is 10.0 Å². The van der Waals surface area contributed by atoms with Gasteiger partial charge in [0.15, 0.2) is 0 Å². The lowest BCUT2D eigenvalue weighted by molar-refractivity contribution is 0.0844. The van der Waals surface area contributed by atoms with Gasteiger partial charge >= 0.3 is 0 Å². The van der Waals surface area contributed by atoms with E-state index < -0.39 is 21.8 Å². The second-order valence-electron chi connectivity index (χ2n) is 5.91.